The molecule has 218 valence electrons. The highest BCUT2D eigenvalue weighted by Gasteiger charge is 2.22. The maximum atomic E-state index is 13.3. The molecule has 4 aromatic rings. The molecular weight excluding hydrogens is 587 g/mol. The van der Waals surface area contributed by atoms with Crippen LogP contribution in [-0.4, -0.2) is 66.2 Å². The molecule has 41 heavy (non-hydrogen) atoms. The first-order valence-corrected chi connectivity index (χ1v) is 14.7. The van der Waals surface area contributed by atoms with Gasteiger partial charge < -0.3 is 29.7 Å². The predicted octanol–water partition coefficient (Wildman–Crippen LogP) is 6.65. The molecule has 0 unspecified atom stereocenters. The first-order valence-electron chi connectivity index (χ1n) is 13.1. The van der Waals surface area contributed by atoms with E-state index in [1.165, 1.54) is 31.9 Å². The topological polar surface area (TPSA) is 111 Å². The number of halogens is 2. The van der Waals surface area contributed by atoms with Crippen molar-refractivity contribution in [3.05, 3.63) is 57.3 Å². The van der Waals surface area contributed by atoms with Crippen LogP contribution in [0.2, 0.25) is 10.0 Å². The summed E-state index contributed by atoms with van der Waals surface area (Å²) in [6.07, 6.45) is 4.16. The van der Waals surface area contributed by atoms with Crippen molar-refractivity contribution in [2.45, 2.75) is 26.9 Å². The number of rotatable bonds is 14. The van der Waals surface area contributed by atoms with E-state index in [0.29, 0.717) is 52.1 Å². The van der Waals surface area contributed by atoms with Gasteiger partial charge in [0.1, 0.15) is 33.7 Å². The molecule has 2 N–H and O–H groups in total. The van der Waals surface area contributed by atoms with E-state index in [1.54, 1.807) is 17.6 Å². The number of fused-ring (bicyclic) bond motifs is 1. The number of ether oxygens (including phenoxy) is 3. The summed E-state index contributed by atoms with van der Waals surface area (Å²) in [6, 6.07) is 5.37. The molecule has 13 heteroatoms. The number of benzene rings is 1. The van der Waals surface area contributed by atoms with E-state index in [1.807, 2.05) is 12.1 Å². The summed E-state index contributed by atoms with van der Waals surface area (Å²) in [4.78, 5) is 28.9. The van der Waals surface area contributed by atoms with Crippen LogP contribution in [0.1, 0.15) is 36.2 Å². The molecular formula is C28H32Cl2N6O4S. The molecule has 0 atom stereocenters. The Labute approximate surface area is 253 Å². The number of methoxy groups -OCH3 is 2. The largest absolute Gasteiger partial charge is 0.495 e. The van der Waals surface area contributed by atoms with Crippen molar-refractivity contribution in [1.29, 1.82) is 0 Å². The van der Waals surface area contributed by atoms with E-state index >= 15 is 0 Å². The lowest BCUT2D eigenvalue weighted by Gasteiger charge is -2.17. The van der Waals surface area contributed by atoms with Gasteiger partial charge >= 0.3 is 0 Å². The van der Waals surface area contributed by atoms with Crippen molar-refractivity contribution in [3.63, 3.8) is 0 Å². The van der Waals surface area contributed by atoms with Gasteiger partial charge in [-0.05, 0) is 31.1 Å². The monoisotopic (exact) mass is 618 g/mol. The van der Waals surface area contributed by atoms with Gasteiger partial charge in [0, 0.05) is 30.8 Å². The molecule has 3 aromatic heterocycles. The summed E-state index contributed by atoms with van der Waals surface area (Å²) in [7, 11) is 2.92. The molecule has 1 amide bonds. The van der Waals surface area contributed by atoms with Crippen LogP contribution in [-0.2, 0) is 11.3 Å². The minimum Gasteiger partial charge on any atom is -0.495 e. The van der Waals surface area contributed by atoms with Crippen molar-refractivity contribution in [1.82, 2.24) is 19.9 Å². The maximum absolute atomic E-state index is 13.3. The number of carbonyl (C=O) groups is 1. The quantitative estimate of drug-likeness (QED) is 0.150. The lowest BCUT2D eigenvalue weighted by atomic mass is 10.2. The summed E-state index contributed by atoms with van der Waals surface area (Å²) in [6.45, 7) is 8.67. The Bertz CT molecular complexity index is 1450. The Morgan fingerprint density at radius 3 is 2.41 bits per heavy atom. The number of amides is 1. The van der Waals surface area contributed by atoms with Crippen LogP contribution in [0, 0.1) is 0 Å². The fourth-order valence-electron chi connectivity index (χ4n) is 4.10. The van der Waals surface area contributed by atoms with Crippen molar-refractivity contribution >= 4 is 68.0 Å². The number of thiophene rings is 1. The van der Waals surface area contributed by atoms with Gasteiger partial charge in [-0.3, -0.25) is 4.79 Å². The van der Waals surface area contributed by atoms with Gasteiger partial charge in [-0.25, -0.2) is 15.0 Å². The number of hydrogen-bond donors (Lipinski definition) is 2. The van der Waals surface area contributed by atoms with Gasteiger partial charge in [-0.2, -0.15) is 0 Å². The SMILES string of the molecule is CCN(CC)CCCOCc1ccc(Nc2ncnc3c(C(=O)Nc4c(Cl)c(OC)cc(OC)c4Cl)csc23)nc1. The highest BCUT2D eigenvalue weighted by molar-refractivity contribution is 7.18. The molecule has 0 bridgehead atoms. The number of nitrogens with one attached hydrogen (secondary N) is 2. The van der Waals surface area contributed by atoms with Gasteiger partial charge in [0.15, 0.2) is 5.82 Å². The third kappa shape index (κ3) is 7.35. The van der Waals surface area contributed by atoms with E-state index in [0.717, 1.165) is 31.6 Å². The van der Waals surface area contributed by atoms with Crippen LogP contribution in [0.5, 0.6) is 11.5 Å². The fourth-order valence-corrected chi connectivity index (χ4v) is 5.64. The van der Waals surface area contributed by atoms with Crippen LogP contribution in [0.15, 0.2) is 36.1 Å². The molecule has 0 aliphatic carbocycles. The minimum atomic E-state index is -0.445. The van der Waals surface area contributed by atoms with E-state index in [9.17, 15) is 4.79 Å². The third-order valence-electron chi connectivity index (χ3n) is 6.41. The molecule has 0 spiro atoms. The van der Waals surface area contributed by atoms with Crippen molar-refractivity contribution in [3.8, 4) is 11.5 Å². The molecule has 10 nitrogen and oxygen atoms in total. The summed E-state index contributed by atoms with van der Waals surface area (Å²) >= 11 is 14.2. The van der Waals surface area contributed by atoms with E-state index < -0.39 is 5.91 Å². The summed E-state index contributed by atoms with van der Waals surface area (Å²) < 4.78 is 17.1. The first-order chi connectivity index (χ1) is 19.9. The van der Waals surface area contributed by atoms with Crippen LogP contribution in [0.4, 0.5) is 17.3 Å². The van der Waals surface area contributed by atoms with E-state index in [-0.39, 0.29) is 15.7 Å². The molecule has 0 saturated heterocycles. The molecule has 3 heterocycles. The van der Waals surface area contributed by atoms with Gasteiger partial charge in [-0.1, -0.05) is 43.1 Å². The molecule has 1 aromatic carbocycles. The van der Waals surface area contributed by atoms with E-state index in [4.69, 9.17) is 37.4 Å². The van der Waals surface area contributed by atoms with Crippen LogP contribution in [0.3, 0.4) is 0 Å². The zero-order valence-corrected chi connectivity index (χ0v) is 25.6. The third-order valence-corrected chi connectivity index (χ3v) is 8.13. The molecule has 0 aliphatic rings. The normalized spacial score (nSPS) is 11.2. The van der Waals surface area contributed by atoms with Crippen molar-refractivity contribution in [2.75, 3.05) is 51.1 Å². The fraction of sp³-hybridized carbons (Fsp3) is 0.357. The lowest BCUT2D eigenvalue weighted by molar-refractivity contribution is 0.102. The maximum Gasteiger partial charge on any atom is 0.258 e. The second-order valence-corrected chi connectivity index (χ2v) is 10.5. The molecule has 0 fully saturated rings. The summed E-state index contributed by atoms with van der Waals surface area (Å²) in [5.74, 6) is 1.32. The van der Waals surface area contributed by atoms with Gasteiger partial charge in [0.05, 0.1) is 42.3 Å². The minimum absolute atomic E-state index is 0.155. The Morgan fingerprint density at radius 1 is 1.05 bits per heavy atom. The zero-order valence-electron chi connectivity index (χ0n) is 23.3. The number of nitrogens with zero attached hydrogens (tertiary/aromatic N) is 4. The van der Waals surface area contributed by atoms with Gasteiger partial charge in [0.25, 0.3) is 5.91 Å². The Morgan fingerprint density at radius 2 is 1.78 bits per heavy atom. The van der Waals surface area contributed by atoms with Crippen LogP contribution in [0.25, 0.3) is 10.2 Å². The van der Waals surface area contributed by atoms with Gasteiger partial charge in [0.2, 0.25) is 0 Å². The highest BCUT2D eigenvalue weighted by atomic mass is 35.5. The standard InChI is InChI=1S/C28H32Cl2N6O4S/c1-5-36(6-2)10-7-11-40-14-17-8-9-21(31-13-17)34-27-26-24(32-16-33-27)18(15-41-26)28(37)35-25-22(29)19(38-3)12-20(39-4)23(25)30/h8-9,12-13,15-16H,5-7,10-11,14H2,1-4H3,(H,35,37)(H,31,32,33,34). The predicted molar refractivity (Wildman–Crippen MR) is 165 cm³/mol. The molecule has 0 aliphatic heterocycles. The molecule has 4 rings (SSSR count). The lowest BCUT2D eigenvalue weighted by Crippen LogP contribution is -2.24. The number of carbonyl (C=O) groups excluding carboxylic acids is 1. The average molecular weight is 620 g/mol. The average Bonchev–Trinajstić information content (AvgIpc) is 3.43. The first kappa shape index (κ1) is 30.7. The Balaban J connectivity index is 1.43. The van der Waals surface area contributed by atoms with Crippen molar-refractivity contribution < 1.29 is 19.0 Å². The summed E-state index contributed by atoms with van der Waals surface area (Å²) in [5.41, 5.74) is 1.97. The molecule has 0 radical (unpaired) electrons. The van der Waals surface area contributed by atoms with Crippen molar-refractivity contribution in [2.24, 2.45) is 0 Å². The smallest absolute Gasteiger partial charge is 0.258 e. The van der Waals surface area contributed by atoms with E-state index in [2.05, 4.69) is 44.3 Å². The number of anilines is 3. The molecule has 0 saturated carbocycles. The Hall–Kier alpha value is -3.22. The van der Waals surface area contributed by atoms with Crippen LogP contribution >= 0.6 is 34.5 Å². The van der Waals surface area contributed by atoms with Gasteiger partial charge in [-0.15, -0.1) is 11.3 Å². The second kappa shape index (κ2) is 14.6. The summed E-state index contributed by atoms with van der Waals surface area (Å²) in [5, 5.41) is 8.00. The number of hydrogen-bond acceptors (Lipinski definition) is 10. The zero-order chi connectivity index (χ0) is 29.4. The number of aromatic nitrogens is 3. The van der Waals surface area contributed by atoms with Crippen LogP contribution < -0.4 is 20.1 Å². The second-order valence-electron chi connectivity index (χ2n) is 8.90. The Kier molecular flexibility index (Phi) is 10.9. The highest BCUT2D eigenvalue weighted by Crippen LogP contribution is 2.44. The number of pyridine rings is 1.